The normalized spacial score (nSPS) is 30.7. The molecule has 3 amide bonds. The summed E-state index contributed by atoms with van der Waals surface area (Å²) in [7, 11) is 0. The standard InChI is InChI=1S/C17H30N4O2/c1-12(2)6-19-17(23)20-5-3-4-13(9-20)16(22)21-10-14-7-18-8-15(14)11-21/h12-15,18H,3-11H2,1-2H3,(H,19,23)/t13?,14-,15+. The van der Waals surface area contributed by atoms with Crippen LogP contribution in [0.2, 0.25) is 0 Å². The third-order valence-corrected chi connectivity index (χ3v) is 5.42. The van der Waals surface area contributed by atoms with Gasteiger partial charge >= 0.3 is 6.03 Å². The first kappa shape index (κ1) is 16.6. The lowest BCUT2D eigenvalue weighted by molar-refractivity contribution is -0.136. The third-order valence-electron chi connectivity index (χ3n) is 5.42. The van der Waals surface area contributed by atoms with Gasteiger partial charge in [-0.25, -0.2) is 4.79 Å². The molecular formula is C17H30N4O2. The maximum absolute atomic E-state index is 12.8. The Morgan fingerprint density at radius 2 is 1.83 bits per heavy atom. The second kappa shape index (κ2) is 7.07. The Bertz CT molecular complexity index is 442. The predicted molar refractivity (Wildman–Crippen MR) is 89.0 cm³/mol. The van der Waals surface area contributed by atoms with Crippen LogP contribution in [0.5, 0.6) is 0 Å². The van der Waals surface area contributed by atoms with Crippen molar-refractivity contribution in [3.05, 3.63) is 0 Å². The Hall–Kier alpha value is -1.30. The highest BCUT2D eigenvalue weighted by Crippen LogP contribution is 2.29. The van der Waals surface area contributed by atoms with Gasteiger partial charge in [0.1, 0.15) is 0 Å². The topological polar surface area (TPSA) is 64.7 Å². The van der Waals surface area contributed by atoms with Crippen LogP contribution in [-0.4, -0.2) is 67.6 Å². The van der Waals surface area contributed by atoms with Crippen molar-refractivity contribution in [2.24, 2.45) is 23.7 Å². The Morgan fingerprint density at radius 1 is 1.13 bits per heavy atom. The molecular weight excluding hydrogens is 292 g/mol. The van der Waals surface area contributed by atoms with Gasteiger partial charge in [-0.2, -0.15) is 0 Å². The predicted octanol–water partition coefficient (Wildman–Crippen LogP) is 0.742. The molecule has 0 spiro atoms. The van der Waals surface area contributed by atoms with Crippen molar-refractivity contribution in [1.82, 2.24) is 20.4 Å². The molecule has 6 heteroatoms. The zero-order chi connectivity index (χ0) is 16.4. The molecule has 3 saturated heterocycles. The minimum atomic E-state index is -0.0151. The van der Waals surface area contributed by atoms with Crippen molar-refractivity contribution in [1.29, 1.82) is 0 Å². The van der Waals surface area contributed by atoms with Crippen LogP contribution in [0.15, 0.2) is 0 Å². The maximum Gasteiger partial charge on any atom is 0.317 e. The van der Waals surface area contributed by atoms with Gasteiger partial charge in [-0.15, -0.1) is 0 Å². The molecule has 2 N–H and O–H groups in total. The van der Waals surface area contributed by atoms with E-state index in [2.05, 4.69) is 29.4 Å². The minimum absolute atomic E-state index is 0.0136. The van der Waals surface area contributed by atoms with Gasteiger partial charge in [0.05, 0.1) is 5.92 Å². The Morgan fingerprint density at radius 3 is 2.48 bits per heavy atom. The summed E-state index contributed by atoms with van der Waals surface area (Å²) in [4.78, 5) is 28.9. The molecule has 3 heterocycles. The molecule has 0 aliphatic carbocycles. The molecule has 0 aromatic rings. The number of rotatable bonds is 3. The largest absolute Gasteiger partial charge is 0.342 e. The van der Waals surface area contributed by atoms with Gasteiger partial charge in [0, 0.05) is 45.8 Å². The van der Waals surface area contributed by atoms with E-state index in [1.807, 2.05) is 4.90 Å². The molecule has 3 fully saturated rings. The first-order valence-corrected chi connectivity index (χ1v) is 9.07. The summed E-state index contributed by atoms with van der Waals surface area (Å²) >= 11 is 0. The number of nitrogens with one attached hydrogen (secondary N) is 2. The molecule has 3 aliphatic heterocycles. The first-order valence-electron chi connectivity index (χ1n) is 9.07. The van der Waals surface area contributed by atoms with Crippen molar-refractivity contribution in [2.75, 3.05) is 45.8 Å². The smallest absolute Gasteiger partial charge is 0.317 e. The molecule has 1 unspecified atom stereocenters. The van der Waals surface area contributed by atoms with E-state index >= 15 is 0 Å². The number of piperidine rings is 1. The molecule has 0 aromatic heterocycles. The molecule has 130 valence electrons. The van der Waals surface area contributed by atoms with Gasteiger partial charge in [0.15, 0.2) is 0 Å². The molecule has 23 heavy (non-hydrogen) atoms. The van der Waals surface area contributed by atoms with E-state index in [1.165, 1.54) is 0 Å². The Balaban J connectivity index is 1.52. The van der Waals surface area contributed by atoms with Gasteiger partial charge in [0.25, 0.3) is 0 Å². The third kappa shape index (κ3) is 3.79. The number of carbonyl (C=O) groups excluding carboxylic acids is 2. The summed E-state index contributed by atoms with van der Waals surface area (Å²) < 4.78 is 0. The molecule has 3 atom stereocenters. The summed E-state index contributed by atoms with van der Waals surface area (Å²) in [5.74, 6) is 1.96. The fourth-order valence-electron chi connectivity index (χ4n) is 4.06. The molecule has 0 bridgehead atoms. The lowest BCUT2D eigenvalue weighted by Crippen LogP contribution is -2.50. The van der Waals surface area contributed by atoms with Crippen molar-refractivity contribution in [3.8, 4) is 0 Å². The fourth-order valence-corrected chi connectivity index (χ4v) is 4.06. The molecule has 3 aliphatic rings. The average molecular weight is 322 g/mol. The number of amides is 3. The van der Waals surface area contributed by atoms with Gasteiger partial charge in [-0.3, -0.25) is 4.79 Å². The average Bonchev–Trinajstić information content (AvgIpc) is 3.13. The van der Waals surface area contributed by atoms with Crippen LogP contribution in [0.25, 0.3) is 0 Å². The summed E-state index contributed by atoms with van der Waals surface area (Å²) in [6.45, 7) is 10.1. The van der Waals surface area contributed by atoms with Crippen LogP contribution >= 0.6 is 0 Å². The number of likely N-dealkylation sites (tertiary alicyclic amines) is 2. The van der Waals surface area contributed by atoms with Crippen LogP contribution in [0.3, 0.4) is 0 Å². The van der Waals surface area contributed by atoms with Crippen LogP contribution in [-0.2, 0) is 4.79 Å². The zero-order valence-corrected chi connectivity index (χ0v) is 14.4. The Labute approximate surface area is 139 Å². The SMILES string of the molecule is CC(C)CNC(=O)N1CCCC(C(=O)N2C[C@H]3CNC[C@H]3C2)C1. The number of urea groups is 1. The van der Waals surface area contributed by atoms with Crippen LogP contribution in [0.4, 0.5) is 4.79 Å². The molecule has 3 rings (SSSR count). The quantitative estimate of drug-likeness (QED) is 0.805. The highest BCUT2D eigenvalue weighted by molar-refractivity contribution is 5.81. The van der Waals surface area contributed by atoms with Crippen molar-refractivity contribution < 1.29 is 9.59 Å². The monoisotopic (exact) mass is 322 g/mol. The van der Waals surface area contributed by atoms with Crippen LogP contribution in [0, 0.1) is 23.7 Å². The summed E-state index contributed by atoms with van der Waals surface area (Å²) in [6, 6.07) is -0.0151. The van der Waals surface area contributed by atoms with E-state index in [4.69, 9.17) is 0 Å². The number of hydrogen-bond donors (Lipinski definition) is 2. The van der Waals surface area contributed by atoms with E-state index in [-0.39, 0.29) is 17.9 Å². The fraction of sp³-hybridized carbons (Fsp3) is 0.882. The van der Waals surface area contributed by atoms with E-state index < -0.39 is 0 Å². The second-order valence-corrected chi connectivity index (χ2v) is 7.79. The zero-order valence-electron chi connectivity index (χ0n) is 14.4. The van der Waals surface area contributed by atoms with Gasteiger partial charge < -0.3 is 20.4 Å². The van der Waals surface area contributed by atoms with Crippen LogP contribution in [0.1, 0.15) is 26.7 Å². The lowest BCUT2D eigenvalue weighted by atomic mass is 9.96. The number of hydrogen-bond acceptors (Lipinski definition) is 3. The number of fused-ring (bicyclic) bond motifs is 1. The first-order chi connectivity index (χ1) is 11.0. The van der Waals surface area contributed by atoms with E-state index in [9.17, 15) is 9.59 Å². The van der Waals surface area contributed by atoms with Crippen LogP contribution < -0.4 is 10.6 Å². The molecule has 0 saturated carbocycles. The van der Waals surface area contributed by atoms with E-state index in [0.717, 1.165) is 45.6 Å². The minimum Gasteiger partial charge on any atom is -0.342 e. The lowest BCUT2D eigenvalue weighted by Gasteiger charge is -2.34. The van der Waals surface area contributed by atoms with Gasteiger partial charge in [0.2, 0.25) is 5.91 Å². The van der Waals surface area contributed by atoms with Crippen molar-refractivity contribution in [3.63, 3.8) is 0 Å². The highest BCUT2D eigenvalue weighted by Gasteiger charge is 2.40. The van der Waals surface area contributed by atoms with Crippen molar-refractivity contribution in [2.45, 2.75) is 26.7 Å². The van der Waals surface area contributed by atoms with Gasteiger partial charge in [-0.1, -0.05) is 13.8 Å². The number of carbonyl (C=O) groups is 2. The molecule has 6 nitrogen and oxygen atoms in total. The van der Waals surface area contributed by atoms with E-state index in [1.54, 1.807) is 0 Å². The second-order valence-electron chi connectivity index (χ2n) is 7.79. The summed E-state index contributed by atoms with van der Waals surface area (Å²) in [6.07, 6.45) is 1.84. The highest BCUT2D eigenvalue weighted by atomic mass is 16.2. The van der Waals surface area contributed by atoms with Gasteiger partial charge in [-0.05, 0) is 30.6 Å². The van der Waals surface area contributed by atoms with Crippen molar-refractivity contribution >= 4 is 11.9 Å². The number of nitrogens with zero attached hydrogens (tertiary/aromatic N) is 2. The summed E-state index contributed by atoms with van der Waals surface area (Å²) in [5.41, 5.74) is 0. The maximum atomic E-state index is 12.8. The summed E-state index contributed by atoms with van der Waals surface area (Å²) in [5, 5.41) is 6.38. The molecule has 0 radical (unpaired) electrons. The van der Waals surface area contributed by atoms with E-state index in [0.29, 0.717) is 30.8 Å². The Kier molecular flexibility index (Phi) is 5.09. The molecule has 0 aromatic carbocycles.